The summed E-state index contributed by atoms with van der Waals surface area (Å²) in [6.45, 7) is 6.76. The highest BCUT2D eigenvalue weighted by Crippen LogP contribution is 2.30. The van der Waals surface area contributed by atoms with Crippen LogP contribution >= 0.6 is 12.4 Å². The number of aliphatic imine (C=N–C) groups is 1. The third kappa shape index (κ3) is 7.88. The first-order valence-electron chi connectivity index (χ1n) is 12.0. The van der Waals surface area contributed by atoms with E-state index < -0.39 is 0 Å². The lowest BCUT2D eigenvalue weighted by Crippen LogP contribution is -1.90. The lowest BCUT2D eigenvalue weighted by atomic mass is 10.0. The molecule has 0 atom stereocenters. The topological polar surface area (TPSA) is 43.9 Å². The van der Waals surface area contributed by atoms with Gasteiger partial charge in [0, 0.05) is 17.6 Å². The van der Waals surface area contributed by atoms with Crippen molar-refractivity contribution < 1.29 is 0 Å². The van der Waals surface area contributed by atoms with Gasteiger partial charge in [0.15, 0.2) is 0 Å². The Morgan fingerprint density at radius 1 is 0.968 bits per heavy atom. The Kier molecular flexibility index (Phi) is 10.9. The number of nitrogens with one attached hydrogen (secondary N) is 2. The number of hydrogen-bond donors (Lipinski definition) is 2. The van der Waals surface area contributed by atoms with Gasteiger partial charge in [-0.15, -0.1) is 12.4 Å². The van der Waals surface area contributed by atoms with E-state index in [4.69, 9.17) is 4.99 Å². The van der Waals surface area contributed by atoms with Gasteiger partial charge in [0.25, 0.3) is 0 Å². The SMILES string of the molecule is CCCCCCCCCCCC1=NC(=Cc2cc(C(C)C)c(-c3ccc[nH]3)[nH]2)C=C1.Cl. The summed E-state index contributed by atoms with van der Waals surface area (Å²) in [4.78, 5) is 11.7. The second-order valence-electron chi connectivity index (χ2n) is 8.88. The van der Waals surface area contributed by atoms with Crippen molar-refractivity contribution in [3.63, 3.8) is 0 Å². The predicted molar refractivity (Wildman–Crippen MR) is 138 cm³/mol. The summed E-state index contributed by atoms with van der Waals surface area (Å²) in [7, 11) is 0. The van der Waals surface area contributed by atoms with Gasteiger partial charge in [-0.3, -0.25) is 4.99 Å². The molecule has 1 aliphatic rings. The van der Waals surface area contributed by atoms with E-state index in [1.165, 1.54) is 74.8 Å². The van der Waals surface area contributed by atoms with Gasteiger partial charge in [-0.25, -0.2) is 0 Å². The van der Waals surface area contributed by atoms with E-state index in [-0.39, 0.29) is 12.4 Å². The molecule has 0 spiro atoms. The zero-order chi connectivity index (χ0) is 21.2. The maximum Gasteiger partial charge on any atom is 0.0659 e. The van der Waals surface area contributed by atoms with Crippen LogP contribution in [0.25, 0.3) is 17.5 Å². The number of H-pyrrole nitrogens is 2. The predicted octanol–water partition coefficient (Wildman–Crippen LogP) is 8.83. The zero-order valence-corrected chi connectivity index (χ0v) is 20.4. The van der Waals surface area contributed by atoms with E-state index in [0.29, 0.717) is 5.92 Å². The molecule has 3 heterocycles. The highest BCUT2D eigenvalue weighted by Gasteiger charge is 2.13. The maximum atomic E-state index is 4.84. The van der Waals surface area contributed by atoms with Crippen LogP contribution in [0.4, 0.5) is 0 Å². The van der Waals surface area contributed by atoms with E-state index in [0.717, 1.165) is 23.5 Å². The van der Waals surface area contributed by atoms with Crippen molar-refractivity contribution >= 4 is 24.2 Å². The maximum absolute atomic E-state index is 4.84. The Morgan fingerprint density at radius 2 is 1.68 bits per heavy atom. The summed E-state index contributed by atoms with van der Waals surface area (Å²) >= 11 is 0. The zero-order valence-electron chi connectivity index (χ0n) is 19.5. The molecule has 2 aromatic rings. The molecule has 0 amide bonds. The smallest absolute Gasteiger partial charge is 0.0659 e. The minimum atomic E-state index is 0. The monoisotopic (exact) mass is 441 g/mol. The molecule has 0 unspecified atom stereocenters. The molecule has 3 rings (SSSR count). The molecule has 0 aromatic carbocycles. The quantitative estimate of drug-likeness (QED) is 0.291. The lowest BCUT2D eigenvalue weighted by molar-refractivity contribution is 0.568. The van der Waals surface area contributed by atoms with Gasteiger partial charge in [0.2, 0.25) is 0 Å². The van der Waals surface area contributed by atoms with E-state index in [1.807, 2.05) is 12.3 Å². The molecule has 2 N–H and O–H groups in total. The van der Waals surface area contributed by atoms with Crippen LogP contribution in [0.3, 0.4) is 0 Å². The second kappa shape index (κ2) is 13.4. The number of aromatic amines is 2. The normalized spacial score (nSPS) is 14.5. The fraction of sp³-hybridized carbons (Fsp3) is 0.519. The van der Waals surface area contributed by atoms with Crippen molar-refractivity contribution in [2.75, 3.05) is 0 Å². The Balaban J connectivity index is 0.00000341. The van der Waals surface area contributed by atoms with Crippen LogP contribution in [0, 0.1) is 0 Å². The molecule has 31 heavy (non-hydrogen) atoms. The molecule has 0 aliphatic carbocycles. The van der Waals surface area contributed by atoms with Crippen molar-refractivity contribution in [1.29, 1.82) is 0 Å². The standard InChI is InChI=1S/C27H39N3.ClH/c1-4-5-6-7-8-9-10-11-12-14-22-16-17-23(29-22)19-24-20-25(21(2)3)27(30-24)26-15-13-18-28-26;/h13,15-21,28,30H,4-12,14H2,1-3H3;1H. The second-order valence-corrected chi connectivity index (χ2v) is 8.88. The van der Waals surface area contributed by atoms with Gasteiger partial charge in [-0.05, 0) is 60.8 Å². The highest BCUT2D eigenvalue weighted by molar-refractivity contribution is 5.99. The fourth-order valence-electron chi connectivity index (χ4n) is 4.15. The van der Waals surface area contributed by atoms with Crippen LogP contribution < -0.4 is 0 Å². The van der Waals surface area contributed by atoms with Crippen LogP contribution in [-0.4, -0.2) is 15.7 Å². The van der Waals surface area contributed by atoms with Crippen LogP contribution in [-0.2, 0) is 0 Å². The van der Waals surface area contributed by atoms with Gasteiger partial charge >= 0.3 is 0 Å². The van der Waals surface area contributed by atoms with Gasteiger partial charge in [0.1, 0.15) is 0 Å². The number of aromatic nitrogens is 2. The molecule has 0 bridgehead atoms. The molecule has 0 saturated carbocycles. The first-order chi connectivity index (χ1) is 14.7. The van der Waals surface area contributed by atoms with Gasteiger partial charge in [-0.2, -0.15) is 0 Å². The van der Waals surface area contributed by atoms with Crippen molar-refractivity contribution in [2.45, 2.75) is 90.9 Å². The van der Waals surface area contributed by atoms with Gasteiger partial charge in [0.05, 0.1) is 17.1 Å². The number of allylic oxidation sites excluding steroid dienone is 2. The third-order valence-corrected chi connectivity index (χ3v) is 5.92. The summed E-state index contributed by atoms with van der Waals surface area (Å²) in [5.74, 6) is 0.469. The Hall–Kier alpha value is -2.00. The first kappa shape index (κ1) is 25.3. The number of rotatable bonds is 13. The van der Waals surface area contributed by atoms with Gasteiger partial charge in [-0.1, -0.05) is 72.1 Å². The largest absolute Gasteiger partial charge is 0.360 e. The average molecular weight is 442 g/mol. The molecule has 3 nitrogen and oxygen atoms in total. The molecule has 1 aliphatic heterocycles. The van der Waals surface area contributed by atoms with Crippen molar-refractivity contribution in [2.24, 2.45) is 4.99 Å². The number of nitrogens with zero attached hydrogens (tertiary/aromatic N) is 1. The minimum absolute atomic E-state index is 0. The lowest BCUT2D eigenvalue weighted by Gasteiger charge is -2.04. The average Bonchev–Trinajstić information content (AvgIpc) is 3.48. The Bertz CT molecular complexity index is 853. The molecule has 4 heteroatoms. The van der Waals surface area contributed by atoms with Gasteiger partial charge < -0.3 is 9.97 Å². The minimum Gasteiger partial charge on any atom is -0.360 e. The summed E-state index contributed by atoms with van der Waals surface area (Å²) in [6.07, 6.45) is 21.9. The Labute approximate surface area is 195 Å². The molecule has 170 valence electrons. The van der Waals surface area contributed by atoms with Crippen molar-refractivity contribution in [1.82, 2.24) is 9.97 Å². The van der Waals surface area contributed by atoms with Crippen LogP contribution in [0.1, 0.15) is 102 Å². The Morgan fingerprint density at radius 3 is 2.32 bits per heavy atom. The van der Waals surface area contributed by atoms with E-state index >= 15 is 0 Å². The highest BCUT2D eigenvalue weighted by atomic mass is 35.5. The van der Waals surface area contributed by atoms with E-state index in [1.54, 1.807) is 0 Å². The van der Waals surface area contributed by atoms with Crippen molar-refractivity contribution in [3.05, 3.63) is 53.5 Å². The van der Waals surface area contributed by atoms with E-state index in [9.17, 15) is 0 Å². The van der Waals surface area contributed by atoms with E-state index in [2.05, 4.69) is 61.1 Å². The summed E-state index contributed by atoms with van der Waals surface area (Å²) in [6, 6.07) is 6.42. The first-order valence-corrected chi connectivity index (χ1v) is 12.0. The summed E-state index contributed by atoms with van der Waals surface area (Å²) < 4.78 is 0. The van der Waals surface area contributed by atoms with Crippen LogP contribution in [0.5, 0.6) is 0 Å². The number of hydrogen-bond acceptors (Lipinski definition) is 1. The van der Waals surface area contributed by atoms with Crippen LogP contribution in [0.2, 0.25) is 0 Å². The molecule has 0 fully saturated rings. The molecular formula is C27H40ClN3. The summed E-state index contributed by atoms with van der Waals surface area (Å²) in [5, 5.41) is 0. The molecule has 0 saturated heterocycles. The third-order valence-electron chi connectivity index (χ3n) is 5.92. The van der Waals surface area contributed by atoms with Crippen molar-refractivity contribution in [3.8, 4) is 11.4 Å². The molecule has 0 radical (unpaired) electrons. The fourth-order valence-corrected chi connectivity index (χ4v) is 4.15. The van der Waals surface area contributed by atoms with Crippen LogP contribution in [0.15, 0.2) is 47.2 Å². The summed E-state index contributed by atoms with van der Waals surface area (Å²) in [5.41, 5.74) is 7.06. The number of halogens is 1. The molecular weight excluding hydrogens is 402 g/mol. The number of unbranched alkanes of at least 4 members (excludes halogenated alkanes) is 8. The molecule has 2 aromatic heterocycles.